The number of hydrogen-bond donors (Lipinski definition) is 3. The lowest BCUT2D eigenvalue weighted by molar-refractivity contribution is -0.150. The van der Waals surface area contributed by atoms with E-state index in [-0.39, 0.29) is 19.4 Å². The summed E-state index contributed by atoms with van der Waals surface area (Å²) in [6, 6.07) is 25.1. The maximum atomic E-state index is 12.8. The lowest BCUT2D eigenvalue weighted by Gasteiger charge is -2.19. The molecule has 0 saturated heterocycles. The van der Waals surface area contributed by atoms with Crippen LogP contribution in [0.2, 0.25) is 0 Å². The Morgan fingerprint density at radius 2 is 1.14 bits per heavy atom. The van der Waals surface area contributed by atoms with Gasteiger partial charge in [0.15, 0.2) is 6.61 Å². The summed E-state index contributed by atoms with van der Waals surface area (Å²) in [4.78, 5) is 49.4. The van der Waals surface area contributed by atoms with Gasteiger partial charge in [0, 0.05) is 12.8 Å². The van der Waals surface area contributed by atoms with Gasteiger partial charge in [-0.05, 0) is 16.7 Å². The Bertz CT molecular complexity index is 1170. The molecule has 9 nitrogen and oxygen atoms in total. The molecule has 0 aromatic heterocycles. The fraction of sp³-hybridized carbons (Fsp3) is 0.214. The first-order valence-electron chi connectivity index (χ1n) is 11.7. The van der Waals surface area contributed by atoms with Crippen molar-refractivity contribution in [1.82, 2.24) is 10.6 Å². The van der Waals surface area contributed by atoms with Gasteiger partial charge in [0.25, 0.3) is 5.91 Å². The summed E-state index contributed by atoms with van der Waals surface area (Å²) in [7, 11) is 0. The van der Waals surface area contributed by atoms with E-state index in [9.17, 15) is 19.2 Å². The van der Waals surface area contributed by atoms with Gasteiger partial charge >= 0.3 is 12.1 Å². The third-order valence-electron chi connectivity index (χ3n) is 5.38. The minimum Gasteiger partial charge on any atom is -0.454 e. The molecule has 37 heavy (non-hydrogen) atoms. The lowest BCUT2D eigenvalue weighted by Crippen LogP contribution is -2.48. The summed E-state index contributed by atoms with van der Waals surface area (Å²) in [5.41, 5.74) is 7.80. The van der Waals surface area contributed by atoms with Crippen molar-refractivity contribution in [3.05, 3.63) is 108 Å². The average Bonchev–Trinajstić information content (AvgIpc) is 2.91. The maximum absolute atomic E-state index is 12.8. The van der Waals surface area contributed by atoms with Gasteiger partial charge in [0.2, 0.25) is 5.91 Å². The van der Waals surface area contributed by atoms with Gasteiger partial charge in [-0.15, -0.1) is 0 Å². The van der Waals surface area contributed by atoms with Crippen molar-refractivity contribution in [3.63, 3.8) is 0 Å². The van der Waals surface area contributed by atoms with E-state index in [4.69, 9.17) is 15.2 Å². The second-order valence-electron chi connectivity index (χ2n) is 8.27. The third-order valence-corrected chi connectivity index (χ3v) is 5.38. The molecule has 4 N–H and O–H groups in total. The molecule has 0 aliphatic rings. The molecule has 0 heterocycles. The smallest absolute Gasteiger partial charge is 0.408 e. The van der Waals surface area contributed by atoms with Crippen molar-refractivity contribution in [3.8, 4) is 0 Å². The van der Waals surface area contributed by atoms with E-state index < -0.39 is 42.6 Å². The molecular weight excluding hydrogens is 474 g/mol. The van der Waals surface area contributed by atoms with Crippen LogP contribution in [0.5, 0.6) is 0 Å². The highest BCUT2D eigenvalue weighted by molar-refractivity contribution is 5.89. The first kappa shape index (κ1) is 26.9. The molecule has 9 heteroatoms. The molecule has 3 aromatic carbocycles. The van der Waals surface area contributed by atoms with Crippen LogP contribution in [0.4, 0.5) is 4.79 Å². The van der Waals surface area contributed by atoms with Gasteiger partial charge in [-0.25, -0.2) is 9.59 Å². The topological polar surface area (TPSA) is 137 Å². The van der Waals surface area contributed by atoms with E-state index in [0.717, 1.165) is 16.7 Å². The molecule has 0 saturated carbocycles. The van der Waals surface area contributed by atoms with Crippen LogP contribution in [0, 0.1) is 0 Å². The van der Waals surface area contributed by atoms with Crippen LogP contribution in [0.15, 0.2) is 91.0 Å². The number of benzene rings is 3. The van der Waals surface area contributed by atoms with Gasteiger partial charge in [-0.1, -0.05) is 91.0 Å². The number of hydrogen-bond acceptors (Lipinski definition) is 6. The van der Waals surface area contributed by atoms with Crippen LogP contribution in [0.1, 0.15) is 16.7 Å². The quantitative estimate of drug-likeness (QED) is 0.324. The van der Waals surface area contributed by atoms with Crippen molar-refractivity contribution < 1.29 is 28.7 Å². The van der Waals surface area contributed by atoms with E-state index >= 15 is 0 Å². The molecule has 2 atom stereocenters. The molecule has 0 unspecified atom stereocenters. The SMILES string of the molecule is NC(=O)[C@H](Cc1ccccc1)NC(=O)COC(=O)[C@@H](Cc1ccccc1)NC(=O)OCc1ccccc1. The fourth-order valence-electron chi connectivity index (χ4n) is 3.50. The lowest BCUT2D eigenvalue weighted by atomic mass is 10.1. The Kier molecular flexibility index (Phi) is 10.2. The predicted molar refractivity (Wildman–Crippen MR) is 136 cm³/mol. The number of nitrogens with one attached hydrogen (secondary N) is 2. The average molecular weight is 504 g/mol. The van der Waals surface area contributed by atoms with E-state index in [1.165, 1.54) is 0 Å². The molecule has 0 aliphatic heterocycles. The number of ether oxygens (including phenoxy) is 2. The zero-order valence-electron chi connectivity index (χ0n) is 20.2. The second kappa shape index (κ2) is 14.0. The molecule has 0 fully saturated rings. The van der Waals surface area contributed by atoms with Crippen molar-refractivity contribution in [2.75, 3.05) is 6.61 Å². The Hall–Kier alpha value is -4.66. The molecule has 0 spiro atoms. The standard InChI is InChI=1S/C28H29N3O6/c29-26(33)23(16-20-10-4-1-5-11-20)30-25(32)19-36-27(34)24(17-21-12-6-2-7-13-21)31-28(35)37-18-22-14-8-3-9-15-22/h1-15,23-24H,16-19H2,(H2,29,33)(H,30,32)(H,31,35)/t23-,24+/m0/s1. The van der Waals surface area contributed by atoms with E-state index in [1.807, 2.05) is 42.5 Å². The summed E-state index contributed by atoms with van der Waals surface area (Å²) < 4.78 is 10.4. The number of esters is 1. The van der Waals surface area contributed by atoms with Gasteiger partial charge in [0.05, 0.1) is 0 Å². The minimum absolute atomic E-state index is 0.0259. The zero-order chi connectivity index (χ0) is 26.5. The van der Waals surface area contributed by atoms with Crippen LogP contribution in [-0.4, -0.2) is 42.6 Å². The normalized spacial score (nSPS) is 12.0. The summed E-state index contributed by atoms with van der Waals surface area (Å²) in [6.45, 7) is -0.623. The number of amides is 3. The predicted octanol–water partition coefficient (Wildman–Crippen LogP) is 2.28. The summed E-state index contributed by atoms with van der Waals surface area (Å²) in [5, 5.41) is 4.99. The zero-order valence-corrected chi connectivity index (χ0v) is 20.2. The van der Waals surface area contributed by atoms with Crippen molar-refractivity contribution in [2.45, 2.75) is 31.5 Å². The molecule has 0 bridgehead atoms. The van der Waals surface area contributed by atoms with Crippen molar-refractivity contribution in [1.29, 1.82) is 0 Å². The van der Waals surface area contributed by atoms with E-state index in [2.05, 4.69) is 10.6 Å². The molecular formula is C28H29N3O6. The Morgan fingerprint density at radius 1 is 0.649 bits per heavy atom. The molecule has 3 amide bonds. The number of nitrogens with two attached hydrogens (primary N) is 1. The van der Waals surface area contributed by atoms with E-state index in [1.54, 1.807) is 48.5 Å². The summed E-state index contributed by atoms with van der Waals surface area (Å²) >= 11 is 0. The van der Waals surface area contributed by atoms with Crippen LogP contribution in [0.3, 0.4) is 0 Å². The second-order valence-corrected chi connectivity index (χ2v) is 8.27. The summed E-state index contributed by atoms with van der Waals surface area (Å²) in [5.74, 6) is -2.24. The fourth-order valence-corrected chi connectivity index (χ4v) is 3.50. The Labute approximate surface area is 215 Å². The molecule has 0 aliphatic carbocycles. The minimum atomic E-state index is -1.10. The van der Waals surface area contributed by atoms with Crippen LogP contribution < -0.4 is 16.4 Å². The first-order valence-corrected chi connectivity index (χ1v) is 11.7. The van der Waals surface area contributed by atoms with Gasteiger partial charge in [-0.2, -0.15) is 0 Å². The highest BCUT2D eigenvalue weighted by Crippen LogP contribution is 2.07. The highest BCUT2D eigenvalue weighted by Gasteiger charge is 2.25. The van der Waals surface area contributed by atoms with Gasteiger partial charge in [-0.3, -0.25) is 9.59 Å². The number of carbonyl (C=O) groups is 4. The van der Waals surface area contributed by atoms with Crippen molar-refractivity contribution >= 4 is 23.9 Å². The first-order chi connectivity index (χ1) is 17.9. The molecule has 192 valence electrons. The Balaban J connectivity index is 1.56. The number of alkyl carbamates (subject to hydrolysis) is 1. The monoisotopic (exact) mass is 503 g/mol. The third kappa shape index (κ3) is 9.48. The van der Waals surface area contributed by atoms with Crippen LogP contribution >= 0.6 is 0 Å². The number of rotatable bonds is 12. The number of carbonyl (C=O) groups excluding carboxylic acids is 4. The number of primary amides is 1. The molecule has 3 aromatic rings. The van der Waals surface area contributed by atoms with Crippen LogP contribution in [-0.2, 0) is 43.3 Å². The summed E-state index contributed by atoms with van der Waals surface area (Å²) in [6.07, 6.45) is -0.483. The maximum Gasteiger partial charge on any atom is 0.408 e. The molecule has 3 rings (SSSR count). The highest BCUT2D eigenvalue weighted by atomic mass is 16.6. The van der Waals surface area contributed by atoms with Crippen molar-refractivity contribution in [2.24, 2.45) is 5.73 Å². The van der Waals surface area contributed by atoms with E-state index in [0.29, 0.717) is 0 Å². The molecule has 0 radical (unpaired) electrons. The largest absolute Gasteiger partial charge is 0.454 e. The van der Waals surface area contributed by atoms with Crippen LogP contribution in [0.25, 0.3) is 0 Å². The van der Waals surface area contributed by atoms with Gasteiger partial charge < -0.3 is 25.8 Å². The van der Waals surface area contributed by atoms with Gasteiger partial charge in [0.1, 0.15) is 18.7 Å². The Morgan fingerprint density at radius 3 is 1.65 bits per heavy atom.